The molecule has 3 aliphatic rings. The number of amides is 2. The summed E-state index contributed by atoms with van der Waals surface area (Å²) in [6.07, 6.45) is 11.8. The summed E-state index contributed by atoms with van der Waals surface area (Å²) in [7, 11) is 0. The van der Waals surface area contributed by atoms with Gasteiger partial charge in [-0.2, -0.15) is 0 Å². The van der Waals surface area contributed by atoms with Crippen molar-refractivity contribution in [2.75, 3.05) is 19.8 Å². The summed E-state index contributed by atoms with van der Waals surface area (Å²) in [6.45, 7) is 5.43. The number of ether oxygens (including phenoxy) is 1. The van der Waals surface area contributed by atoms with Crippen LogP contribution >= 0.6 is 0 Å². The Balaban J connectivity index is 1.40. The fourth-order valence-electron chi connectivity index (χ4n) is 5.09. The molecule has 138 valence electrons. The fourth-order valence-corrected chi connectivity index (χ4v) is 5.09. The molecule has 0 radical (unpaired) electrons. The molecule has 0 aromatic carbocycles. The van der Waals surface area contributed by atoms with Crippen molar-refractivity contribution in [3.8, 4) is 0 Å². The molecular weight excluding hydrogens is 316 g/mol. The number of imidazole rings is 1. The van der Waals surface area contributed by atoms with Gasteiger partial charge in [-0.05, 0) is 50.9 Å². The highest BCUT2D eigenvalue weighted by Gasteiger charge is 2.45. The van der Waals surface area contributed by atoms with Crippen LogP contribution in [0, 0.1) is 12.3 Å². The van der Waals surface area contributed by atoms with Gasteiger partial charge in [0.05, 0.1) is 6.04 Å². The second-order valence-electron chi connectivity index (χ2n) is 7.99. The van der Waals surface area contributed by atoms with Gasteiger partial charge in [-0.3, -0.25) is 0 Å². The van der Waals surface area contributed by atoms with E-state index in [9.17, 15) is 4.79 Å². The van der Waals surface area contributed by atoms with Crippen molar-refractivity contribution in [1.82, 2.24) is 19.8 Å². The number of hydrogen-bond acceptors (Lipinski definition) is 3. The van der Waals surface area contributed by atoms with E-state index in [1.54, 1.807) is 0 Å². The van der Waals surface area contributed by atoms with Crippen LogP contribution in [0.4, 0.5) is 4.79 Å². The van der Waals surface area contributed by atoms with Crippen LogP contribution in [0.25, 0.3) is 0 Å². The van der Waals surface area contributed by atoms with Gasteiger partial charge in [0.25, 0.3) is 0 Å². The quantitative estimate of drug-likeness (QED) is 0.915. The van der Waals surface area contributed by atoms with Crippen LogP contribution in [0.15, 0.2) is 12.4 Å². The summed E-state index contributed by atoms with van der Waals surface area (Å²) in [4.78, 5) is 19.4. The monoisotopic (exact) mass is 346 g/mol. The molecule has 1 N–H and O–H groups in total. The first-order valence-corrected chi connectivity index (χ1v) is 9.81. The molecule has 1 aliphatic carbocycles. The van der Waals surface area contributed by atoms with Crippen LogP contribution in [-0.4, -0.2) is 52.3 Å². The first kappa shape index (κ1) is 16.9. The Bertz CT molecular complexity index is 608. The van der Waals surface area contributed by atoms with Gasteiger partial charge in [0.15, 0.2) is 0 Å². The van der Waals surface area contributed by atoms with Gasteiger partial charge in [-0.15, -0.1) is 0 Å². The number of urea groups is 1. The Hall–Kier alpha value is -1.56. The lowest BCUT2D eigenvalue weighted by Gasteiger charge is -2.40. The lowest BCUT2D eigenvalue weighted by atomic mass is 9.75. The number of nitrogens with one attached hydrogen (secondary N) is 1. The van der Waals surface area contributed by atoms with Crippen LogP contribution in [0.3, 0.4) is 0 Å². The van der Waals surface area contributed by atoms with Crippen LogP contribution < -0.4 is 5.32 Å². The van der Waals surface area contributed by atoms with Gasteiger partial charge < -0.3 is 19.5 Å². The predicted octanol–water partition coefficient (Wildman–Crippen LogP) is 2.71. The minimum absolute atomic E-state index is 0.137. The maximum atomic E-state index is 13.0. The summed E-state index contributed by atoms with van der Waals surface area (Å²) >= 11 is 0. The zero-order valence-electron chi connectivity index (χ0n) is 15.2. The highest BCUT2D eigenvalue weighted by atomic mass is 16.5. The van der Waals surface area contributed by atoms with Crippen LogP contribution in [0.1, 0.15) is 50.8 Å². The van der Waals surface area contributed by atoms with Crippen molar-refractivity contribution in [2.24, 2.45) is 5.41 Å². The van der Waals surface area contributed by atoms with Crippen molar-refractivity contribution in [3.05, 3.63) is 18.2 Å². The van der Waals surface area contributed by atoms with E-state index >= 15 is 0 Å². The lowest BCUT2D eigenvalue weighted by Crippen LogP contribution is -2.52. The summed E-state index contributed by atoms with van der Waals surface area (Å²) in [6, 6.07) is 0.734. The average Bonchev–Trinajstić information content (AvgIpc) is 3.32. The number of aromatic nitrogens is 2. The Morgan fingerprint density at radius 3 is 2.92 bits per heavy atom. The summed E-state index contributed by atoms with van der Waals surface area (Å²) in [5.41, 5.74) is 0.282. The Labute approximate surface area is 149 Å². The number of aryl methyl sites for hydroxylation is 1. The molecule has 1 spiro atoms. The number of likely N-dealkylation sites (tertiary alicyclic amines) is 1. The maximum absolute atomic E-state index is 13.0. The minimum Gasteiger partial charge on any atom is -0.381 e. The second kappa shape index (κ2) is 6.98. The minimum atomic E-state index is 0.137. The molecule has 2 aliphatic heterocycles. The molecule has 1 aromatic heterocycles. The molecule has 6 nitrogen and oxygen atoms in total. The van der Waals surface area contributed by atoms with E-state index in [2.05, 4.69) is 19.8 Å². The molecular formula is C19H30N4O2. The first-order chi connectivity index (χ1) is 12.2. The van der Waals surface area contributed by atoms with Gasteiger partial charge in [0, 0.05) is 44.7 Å². The lowest BCUT2D eigenvalue weighted by molar-refractivity contribution is 0.00532. The topological polar surface area (TPSA) is 59.4 Å². The molecule has 3 fully saturated rings. The number of rotatable bonds is 3. The van der Waals surface area contributed by atoms with Crippen LogP contribution in [0.5, 0.6) is 0 Å². The van der Waals surface area contributed by atoms with Gasteiger partial charge >= 0.3 is 6.03 Å². The zero-order chi connectivity index (χ0) is 17.3. The predicted molar refractivity (Wildman–Crippen MR) is 95.3 cm³/mol. The van der Waals surface area contributed by atoms with E-state index in [-0.39, 0.29) is 17.5 Å². The van der Waals surface area contributed by atoms with E-state index in [0.717, 1.165) is 64.2 Å². The standard InChI is InChI=1S/C19H30N4O2/c1-15-20-9-11-22(15)14-16-4-3-10-23(16)18(24)21-17-5-2-6-19(17)7-12-25-13-8-19/h9,11,16-17H,2-8,10,12-14H2,1H3,(H,21,24)/t16-,17-/m1/s1. The SMILES string of the molecule is Cc1nccn1C[C@H]1CCCN1C(=O)N[C@@H]1CCCC12CCOCC2. The van der Waals surface area contributed by atoms with Gasteiger partial charge in [-0.25, -0.2) is 9.78 Å². The highest BCUT2D eigenvalue weighted by Crippen LogP contribution is 2.46. The second-order valence-corrected chi connectivity index (χ2v) is 7.99. The van der Waals surface area contributed by atoms with Crippen LogP contribution in [0.2, 0.25) is 0 Å². The van der Waals surface area contributed by atoms with Crippen molar-refractivity contribution >= 4 is 6.03 Å². The van der Waals surface area contributed by atoms with E-state index in [0.29, 0.717) is 6.04 Å². The Morgan fingerprint density at radius 1 is 1.32 bits per heavy atom. The van der Waals surface area contributed by atoms with Crippen molar-refractivity contribution < 1.29 is 9.53 Å². The molecule has 1 saturated carbocycles. The molecule has 6 heteroatoms. The Morgan fingerprint density at radius 2 is 2.16 bits per heavy atom. The van der Waals surface area contributed by atoms with E-state index < -0.39 is 0 Å². The molecule has 2 saturated heterocycles. The molecule has 1 aromatic rings. The van der Waals surface area contributed by atoms with Crippen molar-refractivity contribution in [1.29, 1.82) is 0 Å². The number of nitrogens with zero attached hydrogens (tertiary/aromatic N) is 3. The molecule has 25 heavy (non-hydrogen) atoms. The van der Waals surface area contributed by atoms with Gasteiger partial charge in [-0.1, -0.05) is 6.42 Å². The summed E-state index contributed by atoms with van der Waals surface area (Å²) < 4.78 is 7.72. The largest absolute Gasteiger partial charge is 0.381 e. The van der Waals surface area contributed by atoms with E-state index in [4.69, 9.17) is 4.74 Å². The number of carbonyl (C=O) groups is 1. The van der Waals surface area contributed by atoms with Crippen molar-refractivity contribution in [2.45, 2.75) is 70.5 Å². The molecule has 2 amide bonds. The third kappa shape index (κ3) is 3.28. The maximum Gasteiger partial charge on any atom is 0.317 e. The molecule has 2 atom stereocenters. The third-order valence-corrected chi connectivity index (χ3v) is 6.66. The molecule has 0 bridgehead atoms. The van der Waals surface area contributed by atoms with E-state index in [1.807, 2.05) is 19.3 Å². The third-order valence-electron chi connectivity index (χ3n) is 6.66. The molecule has 4 rings (SSSR count). The molecule has 0 unspecified atom stereocenters. The highest BCUT2D eigenvalue weighted by molar-refractivity contribution is 5.75. The van der Waals surface area contributed by atoms with Gasteiger partial charge in [0.1, 0.15) is 5.82 Å². The fraction of sp³-hybridized carbons (Fsp3) is 0.789. The Kier molecular flexibility index (Phi) is 4.71. The first-order valence-electron chi connectivity index (χ1n) is 9.81. The number of hydrogen-bond donors (Lipinski definition) is 1. The smallest absolute Gasteiger partial charge is 0.317 e. The summed E-state index contributed by atoms with van der Waals surface area (Å²) in [5.74, 6) is 1.02. The number of carbonyl (C=O) groups excluding carboxylic acids is 1. The normalized spacial score (nSPS) is 28.6. The summed E-state index contributed by atoms with van der Waals surface area (Å²) in [5, 5.41) is 3.41. The van der Waals surface area contributed by atoms with E-state index in [1.165, 1.54) is 12.8 Å². The van der Waals surface area contributed by atoms with Crippen molar-refractivity contribution in [3.63, 3.8) is 0 Å². The average molecular weight is 346 g/mol. The van der Waals surface area contributed by atoms with Crippen LogP contribution in [-0.2, 0) is 11.3 Å². The van der Waals surface area contributed by atoms with Gasteiger partial charge in [0.2, 0.25) is 0 Å². The zero-order valence-corrected chi connectivity index (χ0v) is 15.2. The molecule has 3 heterocycles.